The van der Waals surface area contributed by atoms with Crippen molar-refractivity contribution < 1.29 is 9.59 Å². The zero-order valence-electron chi connectivity index (χ0n) is 20.5. The third-order valence-corrected chi connectivity index (χ3v) is 5.70. The number of aryl methyl sites for hydroxylation is 2. The first-order valence-corrected chi connectivity index (χ1v) is 11.5. The van der Waals surface area contributed by atoms with Crippen molar-refractivity contribution in [2.24, 2.45) is 0 Å². The molecule has 1 N–H and O–H groups in total. The highest BCUT2D eigenvalue weighted by Crippen LogP contribution is 2.27. The number of likely N-dealkylation sites (N-methyl/N-ethyl adjacent to an activating group) is 1. The van der Waals surface area contributed by atoms with Gasteiger partial charge in [-0.15, -0.1) is 0 Å². The zero-order valence-corrected chi connectivity index (χ0v) is 20.5. The Kier molecular flexibility index (Phi) is 7.36. The molecular weight excluding hydrogens is 412 g/mol. The van der Waals surface area contributed by atoms with Crippen molar-refractivity contribution in [2.45, 2.75) is 53.4 Å². The van der Waals surface area contributed by atoms with Crippen LogP contribution in [0.2, 0.25) is 0 Å². The lowest BCUT2D eigenvalue weighted by molar-refractivity contribution is -0.116. The Morgan fingerprint density at radius 3 is 2.27 bits per heavy atom. The number of anilines is 1. The van der Waals surface area contributed by atoms with Gasteiger partial charge in [-0.1, -0.05) is 58.0 Å². The molecule has 3 aromatic rings. The molecule has 0 unspecified atom stereocenters. The van der Waals surface area contributed by atoms with Crippen LogP contribution in [0.3, 0.4) is 0 Å². The van der Waals surface area contributed by atoms with Crippen molar-refractivity contribution in [3.63, 3.8) is 0 Å². The zero-order chi connectivity index (χ0) is 24.2. The number of hydrogen-bond acceptors (Lipinski definition) is 3. The van der Waals surface area contributed by atoms with Gasteiger partial charge in [-0.05, 0) is 49.6 Å². The molecule has 174 valence electrons. The van der Waals surface area contributed by atoms with Crippen LogP contribution in [0.1, 0.15) is 61.8 Å². The quantitative estimate of drug-likeness (QED) is 0.546. The topological polar surface area (TPSA) is 67.2 Å². The van der Waals surface area contributed by atoms with E-state index >= 15 is 0 Å². The Balaban J connectivity index is 1.83. The van der Waals surface area contributed by atoms with Crippen LogP contribution < -0.4 is 5.32 Å². The maximum absolute atomic E-state index is 13.0. The normalized spacial score (nSPS) is 11.3. The Morgan fingerprint density at radius 1 is 1.03 bits per heavy atom. The van der Waals surface area contributed by atoms with Crippen LogP contribution in [-0.2, 0) is 16.6 Å². The number of rotatable bonds is 7. The SMILES string of the molecule is CCc1ccc(C(=O)N(CC)CC(=O)Nc2cc(C(C)(C)C)nn2-c2ccccc2C)cc1. The molecule has 6 heteroatoms. The van der Waals surface area contributed by atoms with Gasteiger partial charge in [-0.2, -0.15) is 5.10 Å². The molecule has 2 amide bonds. The average molecular weight is 447 g/mol. The number of hydrogen-bond donors (Lipinski definition) is 1. The van der Waals surface area contributed by atoms with E-state index in [1.807, 2.05) is 68.4 Å². The number of benzene rings is 2. The highest BCUT2D eigenvalue weighted by molar-refractivity contribution is 5.99. The maximum Gasteiger partial charge on any atom is 0.254 e. The van der Waals surface area contributed by atoms with Gasteiger partial charge >= 0.3 is 0 Å². The monoisotopic (exact) mass is 446 g/mol. The van der Waals surface area contributed by atoms with E-state index in [9.17, 15) is 9.59 Å². The second-order valence-electron chi connectivity index (χ2n) is 9.28. The number of aromatic nitrogens is 2. The van der Waals surface area contributed by atoms with E-state index in [-0.39, 0.29) is 23.8 Å². The van der Waals surface area contributed by atoms with Crippen LogP contribution in [0.15, 0.2) is 54.6 Å². The molecule has 0 atom stereocenters. The van der Waals surface area contributed by atoms with Crippen molar-refractivity contribution in [2.75, 3.05) is 18.4 Å². The number of carbonyl (C=O) groups excluding carboxylic acids is 2. The molecule has 0 saturated carbocycles. The van der Waals surface area contributed by atoms with Crippen molar-refractivity contribution in [3.8, 4) is 5.69 Å². The standard InChI is InChI=1S/C27H34N4O2/c1-7-20-13-15-21(16-14-20)26(33)30(8-2)18-25(32)28-24-17-23(27(4,5)6)29-31(24)22-12-10-9-11-19(22)3/h9-17H,7-8,18H2,1-6H3,(H,28,32). The number of carbonyl (C=O) groups is 2. The second-order valence-corrected chi connectivity index (χ2v) is 9.28. The van der Waals surface area contributed by atoms with Crippen molar-refractivity contribution in [1.29, 1.82) is 0 Å². The van der Waals surface area contributed by atoms with Crippen LogP contribution >= 0.6 is 0 Å². The smallest absolute Gasteiger partial charge is 0.254 e. The second kappa shape index (κ2) is 10.0. The Bertz CT molecular complexity index is 1120. The predicted octanol–water partition coefficient (Wildman–Crippen LogP) is 5.14. The number of nitrogens with zero attached hydrogens (tertiary/aromatic N) is 3. The highest BCUT2D eigenvalue weighted by Gasteiger charge is 2.23. The van der Waals surface area contributed by atoms with Crippen LogP contribution in [0.5, 0.6) is 0 Å². The molecular formula is C27H34N4O2. The molecule has 1 heterocycles. The largest absolute Gasteiger partial charge is 0.330 e. The molecule has 0 aliphatic heterocycles. The molecule has 0 fully saturated rings. The fraction of sp³-hybridized carbons (Fsp3) is 0.370. The van der Waals surface area contributed by atoms with Gasteiger partial charge in [0.1, 0.15) is 12.4 Å². The lowest BCUT2D eigenvalue weighted by atomic mass is 9.92. The van der Waals surface area contributed by atoms with Crippen molar-refractivity contribution in [3.05, 3.63) is 77.0 Å². The summed E-state index contributed by atoms with van der Waals surface area (Å²) in [6.07, 6.45) is 0.916. The van der Waals surface area contributed by atoms with E-state index < -0.39 is 0 Å². The summed E-state index contributed by atoms with van der Waals surface area (Å²) >= 11 is 0. The van der Waals surface area contributed by atoms with Gasteiger partial charge in [-0.25, -0.2) is 4.68 Å². The minimum atomic E-state index is -0.259. The van der Waals surface area contributed by atoms with Gasteiger partial charge in [0, 0.05) is 23.6 Å². The summed E-state index contributed by atoms with van der Waals surface area (Å²) in [6, 6.07) is 17.4. The van der Waals surface area contributed by atoms with Crippen molar-refractivity contribution >= 4 is 17.6 Å². The van der Waals surface area contributed by atoms with Crippen LogP contribution in [0.25, 0.3) is 5.69 Å². The van der Waals surface area contributed by atoms with Crippen molar-refractivity contribution in [1.82, 2.24) is 14.7 Å². The molecule has 33 heavy (non-hydrogen) atoms. The minimum Gasteiger partial charge on any atom is -0.330 e. The first-order chi connectivity index (χ1) is 15.6. The van der Waals surface area contributed by atoms with Gasteiger partial charge in [0.25, 0.3) is 5.91 Å². The molecule has 1 aromatic heterocycles. The third kappa shape index (κ3) is 5.69. The van der Waals surface area contributed by atoms with E-state index in [1.54, 1.807) is 9.58 Å². The summed E-state index contributed by atoms with van der Waals surface area (Å²) in [5.74, 6) is 0.179. The molecule has 0 aliphatic carbocycles. The van der Waals surface area contributed by atoms with Gasteiger partial charge in [0.2, 0.25) is 5.91 Å². The number of para-hydroxylation sites is 1. The minimum absolute atomic E-state index is 0.0331. The molecule has 0 radical (unpaired) electrons. The Morgan fingerprint density at radius 2 is 1.70 bits per heavy atom. The molecule has 0 saturated heterocycles. The summed E-state index contributed by atoms with van der Waals surface area (Å²) in [7, 11) is 0. The summed E-state index contributed by atoms with van der Waals surface area (Å²) in [5, 5.41) is 7.77. The summed E-state index contributed by atoms with van der Waals surface area (Å²) in [6.45, 7) is 12.6. The molecule has 0 bridgehead atoms. The predicted molar refractivity (Wildman–Crippen MR) is 133 cm³/mol. The van der Waals surface area contributed by atoms with E-state index in [0.717, 1.165) is 23.4 Å². The molecule has 6 nitrogen and oxygen atoms in total. The van der Waals surface area contributed by atoms with E-state index in [4.69, 9.17) is 5.10 Å². The lowest BCUT2D eigenvalue weighted by Gasteiger charge is -2.21. The summed E-state index contributed by atoms with van der Waals surface area (Å²) < 4.78 is 1.77. The van der Waals surface area contributed by atoms with E-state index in [2.05, 4.69) is 33.0 Å². The first kappa shape index (κ1) is 24.2. The first-order valence-electron chi connectivity index (χ1n) is 11.5. The third-order valence-electron chi connectivity index (χ3n) is 5.70. The van der Waals surface area contributed by atoms with Crippen LogP contribution in [0.4, 0.5) is 5.82 Å². The van der Waals surface area contributed by atoms with Gasteiger partial charge in [0.05, 0.1) is 11.4 Å². The number of nitrogens with one attached hydrogen (secondary N) is 1. The van der Waals surface area contributed by atoms with Crippen LogP contribution in [-0.4, -0.2) is 39.6 Å². The molecule has 2 aromatic carbocycles. The Hall–Kier alpha value is -3.41. The van der Waals surface area contributed by atoms with Gasteiger partial charge in [0.15, 0.2) is 0 Å². The molecule has 3 rings (SSSR count). The average Bonchev–Trinajstić information content (AvgIpc) is 3.21. The number of amides is 2. The maximum atomic E-state index is 13.0. The Labute approximate surface area is 196 Å². The van der Waals surface area contributed by atoms with E-state index in [1.165, 1.54) is 5.56 Å². The molecule has 0 spiro atoms. The highest BCUT2D eigenvalue weighted by atomic mass is 16.2. The van der Waals surface area contributed by atoms with Gasteiger partial charge < -0.3 is 10.2 Å². The fourth-order valence-electron chi connectivity index (χ4n) is 3.57. The summed E-state index contributed by atoms with van der Waals surface area (Å²) in [5.41, 5.74) is 4.41. The molecule has 0 aliphatic rings. The fourth-order valence-corrected chi connectivity index (χ4v) is 3.57. The lowest BCUT2D eigenvalue weighted by Crippen LogP contribution is -2.38. The van der Waals surface area contributed by atoms with E-state index in [0.29, 0.717) is 17.9 Å². The van der Waals surface area contributed by atoms with Crippen LogP contribution in [0, 0.1) is 6.92 Å². The van der Waals surface area contributed by atoms with Gasteiger partial charge in [-0.3, -0.25) is 9.59 Å². The summed E-state index contributed by atoms with van der Waals surface area (Å²) in [4.78, 5) is 27.5.